The van der Waals surface area contributed by atoms with Crippen LogP contribution in [0.1, 0.15) is 21.6 Å². The zero-order valence-corrected chi connectivity index (χ0v) is 14.7. The number of amides is 1. The fourth-order valence-corrected chi connectivity index (χ4v) is 3.03. The quantitative estimate of drug-likeness (QED) is 0.645. The van der Waals surface area contributed by atoms with Gasteiger partial charge in [-0.15, -0.1) is 0 Å². The van der Waals surface area contributed by atoms with Gasteiger partial charge in [0, 0.05) is 16.9 Å². The maximum atomic E-state index is 13.3. The molecule has 0 saturated heterocycles. The molecule has 128 valence electrons. The third-order valence-corrected chi connectivity index (χ3v) is 4.21. The summed E-state index contributed by atoms with van der Waals surface area (Å²) in [7, 11) is 0. The lowest BCUT2D eigenvalue weighted by atomic mass is 9.94. The SMILES string of the molecule is Cc1[nH]c(=S)c(C#N)c(-c2ccc(F)cc2)c1C(=O)Nc1ccccc1. The molecule has 0 unspecified atom stereocenters. The number of aryl methyl sites for hydroxylation is 1. The van der Waals surface area contributed by atoms with Crippen molar-refractivity contribution in [2.24, 2.45) is 0 Å². The molecular formula is C20H14FN3OS. The zero-order chi connectivity index (χ0) is 18.7. The second-order valence-corrected chi connectivity index (χ2v) is 6.05. The Balaban J connectivity index is 2.21. The molecule has 0 aliphatic rings. The van der Waals surface area contributed by atoms with Crippen LogP contribution >= 0.6 is 12.2 Å². The molecule has 0 saturated carbocycles. The summed E-state index contributed by atoms with van der Waals surface area (Å²) in [5.74, 6) is -0.781. The summed E-state index contributed by atoms with van der Waals surface area (Å²) >= 11 is 5.24. The van der Waals surface area contributed by atoms with Gasteiger partial charge in [0.25, 0.3) is 5.91 Å². The number of carbonyl (C=O) groups is 1. The van der Waals surface area contributed by atoms with Gasteiger partial charge in [-0.2, -0.15) is 5.26 Å². The van der Waals surface area contributed by atoms with Crippen LogP contribution in [0.5, 0.6) is 0 Å². The van der Waals surface area contributed by atoms with Crippen LogP contribution in [0.25, 0.3) is 11.1 Å². The van der Waals surface area contributed by atoms with E-state index in [0.29, 0.717) is 28.1 Å². The van der Waals surface area contributed by atoms with Gasteiger partial charge in [-0.1, -0.05) is 42.5 Å². The largest absolute Gasteiger partial charge is 0.348 e. The molecule has 3 aromatic rings. The zero-order valence-electron chi connectivity index (χ0n) is 13.8. The third kappa shape index (κ3) is 3.39. The topological polar surface area (TPSA) is 68.7 Å². The van der Waals surface area contributed by atoms with E-state index in [1.165, 1.54) is 24.3 Å². The number of nitrogens with one attached hydrogen (secondary N) is 2. The van der Waals surface area contributed by atoms with Gasteiger partial charge in [0.2, 0.25) is 0 Å². The molecule has 1 amide bonds. The number of benzene rings is 2. The van der Waals surface area contributed by atoms with Crippen molar-refractivity contribution < 1.29 is 9.18 Å². The Hall–Kier alpha value is -3.30. The average Bonchev–Trinajstić information content (AvgIpc) is 2.62. The van der Waals surface area contributed by atoms with Crippen molar-refractivity contribution in [3.05, 3.63) is 81.9 Å². The first-order chi connectivity index (χ1) is 12.5. The predicted molar refractivity (Wildman–Crippen MR) is 101 cm³/mol. The number of hydrogen-bond donors (Lipinski definition) is 2. The molecule has 2 aromatic carbocycles. The van der Waals surface area contributed by atoms with Crippen LogP contribution in [-0.2, 0) is 0 Å². The molecule has 4 nitrogen and oxygen atoms in total. The molecule has 6 heteroatoms. The Kier molecular flexibility index (Phi) is 4.92. The van der Waals surface area contributed by atoms with Crippen molar-refractivity contribution >= 4 is 23.8 Å². The summed E-state index contributed by atoms with van der Waals surface area (Å²) in [6.45, 7) is 1.71. The van der Waals surface area contributed by atoms with E-state index < -0.39 is 5.82 Å². The summed E-state index contributed by atoms with van der Waals surface area (Å²) in [4.78, 5) is 15.8. The monoisotopic (exact) mass is 363 g/mol. The molecule has 0 fully saturated rings. The van der Waals surface area contributed by atoms with Gasteiger partial charge in [0.1, 0.15) is 16.5 Å². The van der Waals surface area contributed by atoms with Crippen molar-refractivity contribution in [3.8, 4) is 17.2 Å². The van der Waals surface area contributed by atoms with E-state index in [9.17, 15) is 14.4 Å². The second-order valence-electron chi connectivity index (χ2n) is 5.64. The van der Waals surface area contributed by atoms with Gasteiger partial charge in [-0.25, -0.2) is 4.39 Å². The van der Waals surface area contributed by atoms with E-state index >= 15 is 0 Å². The normalized spacial score (nSPS) is 10.2. The van der Waals surface area contributed by atoms with E-state index in [2.05, 4.69) is 16.4 Å². The number of carbonyl (C=O) groups excluding carboxylic acids is 1. The van der Waals surface area contributed by atoms with E-state index in [1.54, 1.807) is 19.1 Å². The van der Waals surface area contributed by atoms with Gasteiger partial charge < -0.3 is 10.3 Å². The molecule has 1 heterocycles. The first-order valence-electron chi connectivity index (χ1n) is 7.80. The number of rotatable bonds is 3. The summed E-state index contributed by atoms with van der Waals surface area (Å²) < 4.78 is 13.6. The first-order valence-corrected chi connectivity index (χ1v) is 8.21. The van der Waals surface area contributed by atoms with Gasteiger partial charge in [-0.3, -0.25) is 4.79 Å². The van der Waals surface area contributed by atoms with Crippen LogP contribution in [0.4, 0.5) is 10.1 Å². The summed E-state index contributed by atoms with van der Waals surface area (Å²) in [5.41, 5.74) is 2.57. The standard InChI is InChI=1S/C20H14FN3OS/c1-12-17(19(25)24-15-5-3-2-4-6-15)18(16(11-22)20(26)23-12)13-7-9-14(21)10-8-13/h2-10H,1H3,(H,23,26)(H,24,25). The Bertz CT molecular complexity index is 1070. The Morgan fingerprint density at radius 1 is 1.15 bits per heavy atom. The second kappa shape index (κ2) is 7.30. The lowest BCUT2D eigenvalue weighted by Gasteiger charge is -2.15. The van der Waals surface area contributed by atoms with Gasteiger partial charge in [-0.05, 0) is 36.8 Å². The Morgan fingerprint density at radius 3 is 2.42 bits per heavy atom. The predicted octanol–water partition coefficient (Wildman–Crippen LogP) is 4.98. The number of aromatic nitrogens is 1. The van der Waals surface area contributed by atoms with Crippen LogP contribution < -0.4 is 5.32 Å². The molecule has 3 rings (SSSR count). The van der Waals surface area contributed by atoms with E-state index in [1.807, 2.05) is 18.2 Å². The minimum atomic E-state index is -0.402. The Labute approximate surface area is 154 Å². The maximum absolute atomic E-state index is 13.3. The number of para-hydroxylation sites is 1. The molecule has 0 spiro atoms. The maximum Gasteiger partial charge on any atom is 0.258 e. The van der Waals surface area contributed by atoms with Crippen molar-refractivity contribution in [1.82, 2.24) is 4.98 Å². The summed E-state index contributed by atoms with van der Waals surface area (Å²) in [6.07, 6.45) is 0. The van der Waals surface area contributed by atoms with Crippen LogP contribution in [0.3, 0.4) is 0 Å². The van der Waals surface area contributed by atoms with E-state index in [0.717, 1.165) is 0 Å². The fraction of sp³-hybridized carbons (Fsp3) is 0.0500. The third-order valence-electron chi connectivity index (χ3n) is 3.91. The molecule has 26 heavy (non-hydrogen) atoms. The molecule has 0 aliphatic carbocycles. The fourth-order valence-electron chi connectivity index (χ4n) is 2.73. The van der Waals surface area contributed by atoms with Crippen molar-refractivity contribution in [3.63, 3.8) is 0 Å². The van der Waals surface area contributed by atoms with Crippen molar-refractivity contribution in [2.45, 2.75) is 6.92 Å². The minimum Gasteiger partial charge on any atom is -0.348 e. The van der Waals surface area contributed by atoms with E-state index in [4.69, 9.17) is 12.2 Å². The van der Waals surface area contributed by atoms with Gasteiger partial charge in [0.15, 0.2) is 0 Å². The number of H-pyrrole nitrogens is 1. The number of anilines is 1. The molecule has 1 aromatic heterocycles. The highest BCUT2D eigenvalue weighted by molar-refractivity contribution is 7.71. The van der Waals surface area contributed by atoms with Gasteiger partial charge in [0.05, 0.1) is 11.1 Å². The number of nitriles is 1. The molecule has 0 bridgehead atoms. The first kappa shape index (κ1) is 17.5. The smallest absolute Gasteiger partial charge is 0.258 e. The lowest BCUT2D eigenvalue weighted by molar-refractivity contribution is 0.102. The van der Waals surface area contributed by atoms with E-state index in [-0.39, 0.29) is 16.1 Å². The molecular weight excluding hydrogens is 349 g/mol. The number of hydrogen-bond acceptors (Lipinski definition) is 3. The molecule has 0 radical (unpaired) electrons. The lowest BCUT2D eigenvalue weighted by Crippen LogP contribution is -2.16. The highest BCUT2D eigenvalue weighted by Crippen LogP contribution is 2.30. The molecule has 2 N–H and O–H groups in total. The van der Waals surface area contributed by atoms with Gasteiger partial charge >= 0.3 is 0 Å². The van der Waals surface area contributed by atoms with Crippen molar-refractivity contribution in [2.75, 3.05) is 5.32 Å². The average molecular weight is 363 g/mol. The van der Waals surface area contributed by atoms with Crippen LogP contribution in [0.15, 0.2) is 54.6 Å². The summed E-state index contributed by atoms with van der Waals surface area (Å²) in [6, 6.07) is 16.7. The van der Waals surface area contributed by atoms with Crippen molar-refractivity contribution in [1.29, 1.82) is 5.26 Å². The Morgan fingerprint density at radius 2 is 1.81 bits per heavy atom. The highest BCUT2D eigenvalue weighted by atomic mass is 32.1. The molecule has 0 aliphatic heterocycles. The molecule has 0 atom stereocenters. The van der Waals surface area contributed by atoms with Crippen LogP contribution in [-0.4, -0.2) is 10.9 Å². The van der Waals surface area contributed by atoms with Crippen LogP contribution in [0.2, 0.25) is 0 Å². The number of nitrogens with zero attached hydrogens (tertiary/aromatic N) is 1. The summed E-state index contributed by atoms with van der Waals surface area (Å²) in [5, 5.41) is 12.4. The highest BCUT2D eigenvalue weighted by Gasteiger charge is 2.21. The van der Waals surface area contributed by atoms with Crippen LogP contribution in [0, 0.1) is 28.7 Å². The number of pyridine rings is 1. The number of halogens is 1. The number of aromatic amines is 1. The minimum absolute atomic E-state index is 0.176.